The van der Waals surface area contributed by atoms with Crippen molar-refractivity contribution in [2.45, 2.75) is 37.6 Å². The fourth-order valence-corrected chi connectivity index (χ4v) is 1.86. The first-order chi connectivity index (χ1) is 6.22. The van der Waals surface area contributed by atoms with E-state index >= 15 is 0 Å². The fourth-order valence-electron chi connectivity index (χ4n) is 1.86. The summed E-state index contributed by atoms with van der Waals surface area (Å²) in [5, 5.41) is 12.1. The Kier molecular flexibility index (Phi) is 3.69. The van der Waals surface area contributed by atoms with E-state index in [0.717, 1.165) is 25.7 Å². The maximum atomic E-state index is 11.3. The van der Waals surface area contributed by atoms with E-state index in [-0.39, 0.29) is 18.1 Å². The summed E-state index contributed by atoms with van der Waals surface area (Å²) in [6.07, 6.45) is 4.30. The molecular weight excluding hydrogens is 168 g/mol. The lowest BCUT2D eigenvalue weighted by molar-refractivity contribution is -0.123. The van der Waals surface area contributed by atoms with E-state index < -0.39 is 0 Å². The smallest absolute Gasteiger partial charge is 0.221 e. The molecule has 13 heavy (non-hydrogen) atoms. The normalized spacial score (nSPS) is 20.2. The first-order valence-electron chi connectivity index (χ1n) is 4.84. The maximum absolute atomic E-state index is 11.3. The van der Waals surface area contributed by atoms with Crippen molar-refractivity contribution in [1.82, 2.24) is 5.32 Å². The number of aliphatic hydroxyl groups excluding tert-OH is 1. The van der Waals surface area contributed by atoms with Crippen molar-refractivity contribution in [3.8, 4) is 0 Å². The number of aliphatic hydroxyl groups is 1. The van der Waals surface area contributed by atoms with Crippen LogP contribution < -0.4 is 11.1 Å². The van der Waals surface area contributed by atoms with Crippen LogP contribution in [0.4, 0.5) is 0 Å². The molecule has 1 aliphatic carbocycles. The summed E-state index contributed by atoms with van der Waals surface area (Å²) in [7, 11) is 0. The van der Waals surface area contributed by atoms with Crippen LogP contribution in [-0.2, 0) is 4.79 Å². The zero-order valence-corrected chi connectivity index (χ0v) is 7.88. The number of hydrogen-bond donors (Lipinski definition) is 3. The average molecular weight is 186 g/mol. The number of carbonyl (C=O) groups excluding carboxylic acids is 1. The molecule has 1 fully saturated rings. The van der Waals surface area contributed by atoms with Crippen molar-refractivity contribution >= 4 is 5.91 Å². The van der Waals surface area contributed by atoms with E-state index in [9.17, 15) is 9.90 Å². The lowest BCUT2D eigenvalue weighted by Crippen LogP contribution is -2.49. The Morgan fingerprint density at radius 1 is 1.46 bits per heavy atom. The Morgan fingerprint density at radius 3 is 2.54 bits per heavy atom. The van der Waals surface area contributed by atoms with Crippen molar-refractivity contribution in [3.05, 3.63) is 0 Å². The Morgan fingerprint density at radius 2 is 2.08 bits per heavy atom. The minimum absolute atomic E-state index is 0.0431. The van der Waals surface area contributed by atoms with Gasteiger partial charge < -0.3 is 16.2 Å². The summed E-state index contributed by atoms with van der Waals surface area (Å²) in [4.78, 5) is 11.3. The van der Waals surface area contributed by atoms with Crippen LogP contribution in [0.1, 0.15) is 32.1 Å². The summed E-state index contributed by atoms with van der Waals surface area (Å²) in [5.41, 5.74) is 4.92. The molecule has 1 rings (SSSR count). The molecule has 1 amide bonds. The number of rotatable bonds is 4. The highest BCUT2D eigenvalue weighted by molar-refractivity contribution is 5.77. The molecule has 0 atom stereocenters. The van der Waals surface area contributed by atoms with E-state index in [1.807, 2.05) is 0 Å². The number of nitrogens with one attached hydrogen (secondary N) is 1. The second-order valence-corrected chi connectivity index (χ2v) is 3.73. The van der Waals surface area contributed by atoms with Gasteiger partial charge in [0.05, 0.1) is 12.1 Å². The predicted molar refractivity (Wildman–Crippen MR) is 50.1 cm³/mol. The zero-order chi connectivity index (χ0) is 9.73. The van der Waals surface area contributed by atoms with Gasteiger partial charge in [-0.05, 0) is 12.8 Å². The molecule has 0 heterocycles. The molecule has 0 aliphatic heterocycles. The van der Waals surface area contributed by atoms with E-state index in [2.05, 4.69) is 5.32 Å². The SMILES string of the molecule is NCCC(=O)NC1(CO)CCCC1. The maximum Gasteiger partial charge on any atom is 0.221 e. The van der Waals surface area contributed by atoms with Gasteiger partial charge in [0.15, 0.2) is 0 Å². The van der Waals surface area contributed by atoms with Crippen LogP contribution in [0.3, 0.4) is 0 Å². The van der Waals surface area contributed by atoms with Crippen LogP contribution in [0.15, 0.2) is 0 Å². The molecule has 0 spiro atoms. The highest BCUT2D eigenvalue weighted by atomic mass is 16.3. The number of hydrogen-bond acceptors (Lipinski definition) is 3. The molecular formula is C9H18N2O2. The molecule has 0 radical (unpaired) electrons. The molecule has 0 aromatic rings. The van der Waals surface area contributed by atoms with Crippen molar-refractivity contribution < 1.29 is 9.90 Å². The Balaban J connectivity index is 2.43. The summed E-state index contributed by atoms with van der Waals surface area (Å²) in [6.45, 7) is 0.413. The highest BCUT2D eigenvalue weighted by Crippen LogP contribution is 2.28. The van der Waals surface area contributed by atoms with Gasteiger partial charge in [-0.2, -0.15) is 0 Å². The minimum Gasteiger partial charge on any atom is -0.394 e. The summed E-state index contributed by atoms with van der Waals surface area (Å²) >= 11 is 0. The monoisotopic (exact) mass is 186 g/mol. The molecule has 0 saturated heterocycles. The van der Waals surface area contributed by atoms with Crippen LogP contribution in [0.25, 0.3) is 0 Å². The van der Waals surface area contributed by atoms with E-state index in [1.54, 1.807) is 0 Å². The van der Waals surface area contributed by atoms with Gasteiger partial charge in [-0.25, -0.2) is 0 Å². The van der Waals surface area contributed by atoms with Crippen molar-refractivity contribution in [2.24, 2.45) is 5.73 Å². The van der Waals surface area contributed by atoms with Crippen molar-refractivity contribution in [3.63, 3.8) is 0 Å². The standard InChI is InChI=1S/C9H18N2O2/c10-6-3-8(13)11-9(7-12)4-1-2-5-9/h12H,1-7,10H2,(H,11,13). The molecule has 1 aliphatic rings. The molecule has 0 aromatic heterocycles. The van der Waals surface area contributed by atoms with Gasteiger partial charge in [0.2, 0.25) is 5.91 Å². The third-order valence-electron chi connectivity index (χ3n) is 2.64. The number of amides is 1. The fraction of sp³-hybridized carbons (Fsp3) is 0.889. The van der Waals surface area contributed by atoms with E-state index in [1.165, 1.54) is 0 Å². The van der Waals surface area contributed by atoms with Crippen LogP contribution >= 0.6 is 0 Å². The lowest BCUT2D eigenvalue weighted by Gasteiger charge is -2.27. The zero-order valence-electron chi connectivity index (χ0n) is 7.88. The second kappa shape index (κ2) is 4.58. The van der Waals surface area contributed by atoms with Crippen LogP contribution in [0, 0.1) is 0 Å². The lowest BCUT2D eigenvalue weighted by atomic mass is 9.99. The summed E-state index contributed by atoms with van der Waals surface area (Å²) in [6, 6.07) is 0. The van der Waals surface area contributed by atoms with E-state index in [0.29, 0.717) is 13.0 Å². The van der Waals surface area contributed by atoms with Gasteiger partial charge in [0, 0.05) is 13.0 Å². The minimum atomic E-state index is -0.341. The van der Waals surface area contributed by atoms with Gasteiger partial charge in [0.1, 0.15) is 0 Å². The first-order valence-corrected chi connectivity index (χ1v) is 4.84. The first kappa shape index (κ1) is 10.5. The molecule has 76 valence electrons. The van der Waals surface area contributed by atoms with Crippen molar-refractivity contribution in [1.29, 1.82) is 0 Å². The predicted octanol–water partition coefficient (Wildman–Crippen LogP) is -0.244. The van der Waals surface area contributed by atoms with Crippen LogP contribution in [0.5, 0.6) is 0 Å². The quantitative estimate of drug-likeness (QED) is 0.567. The molecule has 0 unspecified atom stereocenters. The van der Waals surface area contributed by atoms with Crippen LogP contribution in [-0.4, -0.2) is 29.7 Å². The number of carbonyl (C=O) groups is 1. The molecule has 4 nitrogen and oxygen atoms in total. The van der Waals surface area contributed by atoms with Crippen molar-refractivity contribution in [2.75, 3.05) is 13.2 Å². The molecule has 1 saturated carbocycles. The Bertz CT molecular complexity index is 176. The highest BCUT2D eigenvalue weighted by Gasteiger charge is 2.34. The van der Waals surface area contributed by atoms with Gasteiger partial charge in [-0.1, -0.05) is 12.8 Å². The summed E-state index contributed by atoms with van der Waals surface area (Å²) < 4.78 is 0. The molecule has 0 bridgehead atoms. The van der Waals surface area contributed by atoms with Gasteiger partial charge in [-0.3, -0.25) is 4.79 Å². The third-order valence-corrected chi connectivity index (χ3v) is 2.64. The molecule has 0 aromatic carbocycles. The largest absolute Gasteiger partial charge is 0.394 e. The topological polar surface area (TPSA) is 75.4 Å². The molecule has 4 N–H and O–H groups in total. The van der Waals surface area contributed by atoms with E-state index in [4.69, 9.17) is 5.73 Å². The third kappa shape index (κ3) is 2.67. The Labute approximate surface area is 78.5 Å². The number of nitrogens with two attached hydrogens (primary N) is 1. The second-order valence-electron chi connectivity index (χ2n) is 3.73. The van der Waals surface area contributed by atoms with Gasteiger partial charge in [0.25, 0.3) is 0 Å². The van der Waals surface area contributed by atoms with Gasteiger partial charge in [-0.15, -0.1) is 0 Å². The van der Waals surface area contributed by atoms with Gasteiger partial charge >= 0.3 is 0 Å². The van der Waals surface area contributed by atoms with Crippen LogP contribution in [0.2, 0.25) is 0 Å². The molecule has 4 heteroatoms. The average Bonchev–Trinajstić information content (AvgIpc) is 2.54. The summed E-state index contributed by atoms with van der Waals surface area (Å²) in [5.74, 6) is -0.0431. The Hall–Kier alpha value is -0.610.